The molecule has 0 saturated heterocycles. The summed E-state index contributed by atoms with van der Waals surface area (Å²) in [5.74, 6) is -0.862. The standard InChI is InChI=1S/C22H37ClO4/c1-2-3-4-5-10-15-26-21(24)18-12-7-8-13-19(18)22(25)27-16-17-11-6-9-14-20(17)23/h17-20H,2-16H2,1H3. The molecule has 0 N–H and O–H groups in total. The predicted octanol–water partition coefficient (Wildman–Crippen LogP) is 5.65. The van der Waals surface area contributed by atoms with E-state index in [0.717, 1.165) is 64.2 Å². The van der Waals surface area contributed by atoms with Crippen molar-refractivity contribution in [2.45, 2.75) is 95.8 Å². The number of halogens is 1. The normalized spacial score (nSPS) is 28.5. The van der Waals surface area contributed by atoms with E-state index in [1.807, 2.05) is 0 Å². The fraction of sp³-hybridized carbons (Fsp3) is 0.909. The highest BCUT2D eigenvalue weighted by Gasteiger charge is 2.38. The van der Waals surface area contributed by atoms with E-state index in [2.05, 4.69) is 6.92 Å². The minimum atomic E-state index is -0.344. The molecule has 0 bridgehead atoms. The Morgan fingerprint density at radius 2 is 1.41 bits per heavy atom. The third-order valence-electron chi connectivity index (χ3n) is 6.12. The molecule has 2 rings (SSSR count). The summed E-state index contributed by atoms with van der Waals surface area (Å²) in [7, 11) is 0. The number of hydrogen-bond acceptors (Lipinski definition) is 4. The predicted molar refractivity (Wildman–Crippen MR) is 108 cm³/mol. The van der Waals surface area contributed by atoms with E-state index in [9.17, 15) is 9.59 Å². The van der Waals surface area contributed by atoms with Gasteiger partial charge >= 0.3 is 11.9 Å². The molecular formula is C22H37ClO4. The second kappa shape index (κ2) is 12.6. The first-order chi connectivity index (χ1) is 13.1. The molecule has 2 saturated carbocycles. The van der Waals surface area contributed by atoms with E-state index in [1.165, 1.54) is 19.3 Å². The molecule has 2 aliphatic carbocycles. The third kappa shape index (κ3) is 7.63. The molecule has 0 spiro atoms. The molecule has 2 fully saturated rings. The Kier molecular flexibility index (Phi) is 10.5. The monoisotopic (exact) mass is 400 g/mol. The van der Waals surface area contributed by atoms with Crippen LogP contribution in [-0.4, -0.2) is 30.5 Å². The summed E-state index contributed by atoms with van der Waals surface area (Å²) in [6.45, 7) is 3.05. The zero-order valence-electron chi connectivity index (χ0n) is 16.9. The highest BCUT2D eigenvalue weighted by atomic mass is 35.5. The van der Waals surface area contributed by atoms with Gasteiger partial charge in [-0.05, 0) is 32.1 Å². The molecule has 0 aromatic rings. The molecule has 0 aliphatic heterocycles. The van der Waals surface area contributed by atoms with Crippen molar-refractivity contribution >= 4 is 23.5 Å². The molecule has 0 heterocycles. The molecule has 2 aliphatic rings. The summed E-state index contributed by atoms with van der Waals surface area (Å²) in [5.41, 5.74) is 0. The summed E-state index contributed by atoms with van der Waals surface area (Å²) < 4.78 is 11.1. The van der Waals surface area contributed by atoms with Gasteiger partial charge in [0.25, 0.3) is 0 Å². The number of unbranched alkanes of at least 4 members (excludes halogenated alkanes) is 4. The summed E-state index contributed by atoms with van der Waals surface area (Å²) in [5, 5.41) is 0.103. The topological polar surface area (TPSA) is 52.6 Å². The van der Waals surface area contributed by atoms with Gasteiger partial charge in [0.05, 0.1) is 25.0 Å². The summed E-state index contributed by atoms with van der Waals surface area (Å²) >= 11 is 6.37. The first kappa shape index (κ1) is 22.5. The Balaban J connectivity index is 1.75. The van der Waals surface area contributed by atoms with Crippen LogP contribution in [0.4, 0.5) is 0 Å². The van der Waals surface area contributed by atoms with E-state index < -0.39 is 0 Å². The van der Waals surface area contributed by atoms with Gasteiger partial charge in [-0.2, -0.15) is 0 Å². The number of rotatable bonds is 10. The maximum absolute atomic E-state index is 12.6. The smallest absolute Gasteiger partial charge is 0.309 e. The molecular weight excluding hydrogens is 364 g/mol. The minimum absolute atomic E-state index is 0.103. The van der Waals surface area contributed by atoms with Crippen molar-refractivity contribution in [3.05, 3.63) is 0 Å². The molecule has 0 amide bonds. The van der Waals surface area contributed by atoms with Crippen molar-refractivity contribution in [1.82, 2.24) is 0 Å². The number of ether oxygens (including phenoxy) is 2. The van der Waals surface area contributed by atoms with Crippen LogP contribution in [0, 0.1) is 17.8 Å². The number of hydrogen-bond donors (Lipinski definition) is 0. The van der Waals surface area contributed by atoms with Gasteiger partial charge in [0.15, 0.2) is 0 Å². The fourth-order valence-electron chi connectivity index (χ4n) is 4.33. The van der Waals surface area contributed by atoms with Crippen LogP contribution in [0.3, 0.4) is 0 Å². The molecule has 0 aromatic carbocycles. The second-order valence-electron chi connectivity index (χ2n) is 8.27. The molecule has 0 radical (unpaired) electrons. The average Bonchev–Trinajstić information content (AvgIpc) is 2.69. The maximum Gasteiger partial charge on any atom is 0.309 e. The van der Waals surface area contributed by atoms with E-state index in [0.29, 0.717) is 13.2 Å². The van der Waals surface area contributed by atoms with Crippen LogP contribution in [0.1, 0.15) is 90.4 Å². The molecule has 4 unspecified atom stereocenters. The van der Waals surface area contributed by atoms with Crippen molar-refractivity contribution < 1.29 is 19.1 Å². The van der Waals surface area contributed by atoms with Gasteiger partial charge in [-0.3, -0.25) is 9.59 Å². The Bertz CT molecular complexity index is 454. The summed E-state index contributed by atoms with van der Waals surface area (Å²) in [6, 6.07) is 0. The van der Waals surface area contributed by atoms with Gasteiger partial charge in [-0.25, -0.2) is 0 Å². The zero-order chi connectivity index (χ0) is 19.5. The Morgan fingerprint density at radius 1 is 0.815 bits per heavy atom. The van der Waals surface area contributed by atoms with Crippen LogP contribution >= 0.6 is 11.6 Å². The molecule has 5 heteroatoms. The Labute approximate surface area is 169 Å². The largest absolute Gasteiger partial charge is 0.465 e. The van der Waals surface area contributed by atoms with E-state index in [1.54, 1.807) is 0 Å². The SMILES string of the molecule is CCCCCCCOC(=O)C1CCCCC1C(=O)OCC1CCCCC1Cl. The van der Waals surface area contributed by atoms with E-state index in [-0.39, 0.29) is 35.1 Å². The minimum Gasteiger partial charge on any atom is -0.465 e. The lowest BCUT2D eigenvalue weighted by atomic mass is 9.79. The highest BCUT2D eigenvalue weighted by molar-refractivity contribution is 6.20. The third-order valence-corrected chi connectivity index (χ3v) is 6.69. The first-order valence-electron chi connectivity index (χ1n) is 11.1. The van der Waals surface area contributed by atoms with Gasteiger partial charge in [0, 0.05) is 11.3 Å². The van der Waals surface area contributed by atoms with Crippen molar-refractivity contribution in [1.29, 1.82) is 0 Å². The molecule has 0 aromatic heterocycles. The number of esters is 2. The lowest BCUT2D eigenvalue weighted by molar-refractivity contribution is -0.163. The summed E-state index contributed by atoms with van der Waals surface area (Å²) in [4.78, 5) is 25.1. The van der Waals surface area contributed by atoms with Crippen LogP contribution in [0.15, 0.2) is 0 Å². The molecule has 27 heavy (non-hydrogen) atoms. The van der Waals surface area contributed by atoms with Gasteiger partial charge in [-0.15, -0.1) is 11.6 Å². The van der Waals surface area contributed by atoms with Gasteiger partial charge in [-0.1, -0.05) is 58.3 Å². The van der Waals surface area contributed by atoms with Gasteiger partial charge in [0.2, 0.25) is 0 Å². The van der Waals surface area contributed by atoms with E-state index >= 15 is 0 Å². The average molecular weight is 401 g/mol. The second-order valence-corrected chi connectivity index (χ2v) is 8.83. The quantitative estimate of drug-likeness (QED) is 0.270. The number of carbonyl (C=O) groups is 2. The lowest BCUT2D eigenvalue weighted by Gasteiger charge is -2.30. The van der Waals surface area contributed by atoms with Gasteiger partial charge in [0.1, 0.15) is 0 Å². The summed E-state index contributed by atoms with van der Waals surface area (Å²) in [6.07, 6.45) is 13.4. The first-order valence-corrected chi connectivity index (χ1v) is 11.5. The fourth-order valence-corrected chi connectivity index (χ4v) is 4.68. The van der Waals surface area contributed by atoms with Crippen molar-refractivity contribution in [2.75, 3.05) is 13.2 Å². The Hall–Kier alpha value is -0.770. The number of alkyl halides is 1. The van der Waals surface area contributed by atoms with Crippen LogP contribution in [0.25, 0.3) is 0 Å². The highest BCUT2D eigenvalue weighted by Crippen LogP contribution is 2.33. The lowest BCUT2D eigenvalue weighted by Crippen LogP contribution is -2.36. The van der Waals surface area contributed by atoms with Gasteiger partial charge < -0.3 is 9.47 Å². The maximum atomic E-state index is 12.6. The van der Waals surface area contributed by atoms with E-state index in [4.69, 9.17) is 21.1 Å². The molecule has 156 valence electrons. The molecule has 4 atom stereocenters. The van der Waals surface area contributed by atoms with Crippen LogP contribution < -0.4 is 0 Å². The Morgan fingerprint density at radius 3 is 2.07 bits per heavy atom. The van der Waals surface area contributed by atoms with Crippen molar-refractivity contribution in [3.8, 4) is 0 Å². The molecule has 4 nitrogen and oxygen atoms in total. The number of carbonyl (C=O) groups excluding carboxylic acids is 2. The van der Waals surface area contributed by atoms with Crippen LogP contribution in [0.5, 0.6) is 0 Å². The zero-order valence-corrected chi connectivity index (χ0v) is 17.7. The van der Waals surface area contributed by atoms with Crippen LogP contribution in [0.2, 0.25) is 0 Å². The van der Waals surface area contributed by atoms with Crippen molar-refractivity contribution in [3.63, 3.8) is 0 Å². The van der Waals surface area contributed by atoms with Crippen molar-refractivity contribution in [2.24, 2.45) is 17.8 Å². The van der Waals surface area contributed by atoms with Crippen LogP contribution in [-0.2, 0) is 19.1 Å².